The van der Waals surface area contributed by atoms with Crippen LogP contribution in [0.2, 0.25) is 0 Å². The van der Waals surface area contributed by atoms with E-state index in [1.54, 1.807) is 0 Å². The lowest BCUT2D eigenvalue weighted by Crippen LogP contribution is -1.99. The molecule has 2 nitrogen and oxygen atoms in total. The average molecular weight is 715 g/mol. The molecular formula is C54H38N2. The first kappa shape index (κ1) is 31.7. The number of nitrogens with zero attached hydrogens (tertiary/aromatic N) is 2. The van der Waals surface area contributed by atoms with Crippen LogP contribution in [0.3, 0.4) is 0 Å². The molecule has 0 unspecified atom stereocenters. The topological polar surface area (TPSA) is 25.8 Å². The summed E-state index contributed by atoms with van der Waals surface area (Å²) in [6, 6.07) is 54.2. The smallest absolute Gasteiger partial charge is 0.0801 e. The molecule has 0 radical (unpaired) electrons. The predicted octanol–water partition coefficient (Wildman–Crippen LogP) is 15.3. The van der Waals surface area contributed by atoms with Crippen molar-refractivity contribution >= 4 is 97.5 Å². The van der Waals surface area contributed by atoms with Crippen molar-refractivity contribution in [2.24, 2.45) is 0 Å². The van der Waals surface area contributed by atoms with Crippen molar-refractivity contribution in [1.29, 1.82) is 0 Å². The van der Waals surface area contributed by atoms with Crippen LogP contribution in [0.1, 0.15) is 50.7 Å². The van der Waals surface area contributed by atoms with Gasteiger partial charge >= 0.3 is 0 Å². The maximum atomic E-state index is 5.63. The molecule has 12 rings (SSSR count). The fourth-order valence-corrected chi connectivity index (χ4v) is 10.3. The zero-order valence-corrected chi connectivity index (χ0v) is 31.9. The molecule has 2 aromatic heterocycles. The van der Waals surface area contributed by atoms with Crippen molar-refractivity contribution in [3.63, 3.8) is 0 Å². The third-order valence-electron chi connectivity index (χ3n) is 12.7. The van der Waals surface area contributed by atoms with E-state index >= 15 is 0 Å². The Hall–Kier alpha value is -6.64. The van der Waals surface area contributed by atoms with Gasteiger partial charge in [0.1, 0.15) is 0 Å². The van der Waals surface area contributed by atoms with E-state index in [0.29, 0.717) is 11.8 Å². The van der Waals surface area contributed by atoms with Crippen LogP contribution in [-0.4, -0.2) is 9.97 Å². The van der Waals surface area contributed by atoms with E-state index in [1.165, 1.54) is 109 Å². The number of hydrogen-bond acceptors (Lipinski definition) is 2. The summed E-state index contributed by atoms with van der Waals surface area (Å²) in [5.74, 6) is 0.850. The van der Waals surface area contributed by atoms with E-state index in [2.05, 4.69) is 173 Å². The lowest BCUT2D eigenvalue weighted by Gasteiger charge is -2.22. The molecule has 0 spiro atoms. The summed E-state index contributed by atoms with van der Waals surface area (Å²) < 4.78 is 0. The lowest BCUT2D eigenvalue weighted by atomic mass is 9.83. The van der Waals surface area contributed by atoms with Gasteiger partial charge in [0.05, 0.1) is 22.1 Å². The van der Waals surface area contributed by atoms with Crippen LogP contribution in [0.5, 0.6) is 0 Å². The maximum Gasteiger partial charge on any atom is 0.0801 e. The van der Waals surface area contributed by atoms with Crippen molar-refractivity contribution in [3.05, 3.63) is 157 Å². The Kier molecular flexibility index (Phi) is 6.47. The molecule has 264 valence electrons. The standard InChI is InChI=1S/C54H38N2/c1-29(2)31-17-9-21-35-33(31)19-11-23-37(35)47-39-13-5-7-15-41(39)53-49-43(47)25-27-45-51(49)52-46(55-53)28-26-44-48(40-14-6-8-16-42(40)54(56-45)50(44)52)38-24-12-20-34-32(30(3)4)18-10-22-36(34)38/h5-30H,1-4H3. The molecule has 0 bridgehead atoms. The highest BCUT2D eigenvalue weighted by molar-refractivity contribution is 6.41. The Bertz CT molecular complexity index is 3350. The largest absolute Gasteiger partial charge is 0.247 e. The number of benzene rings is 10. The van der Waals surface area contributed by atoms with Gasteiger partial charge in [0.25, 0.3) is 0 Å². The third-order valence-corrected chi connectivity index (χ3v) is 12.7. The third kappa shape index (κ3) is 4.11. The normalized spacial score (nSPS) is 12.6. The molecular weight excluding hydrogens is 677 g/mol. The van der Waals surface area contributed by atoms with Crippen LogP contribution >= 0.6 is 0 Å². The van der Waals surface area contributed by atoms with Crippen LogP contribution in [-0.2, 0) is 0 Å². The van der Waals surface area contributed by atoms with Crippen LogP contribution in [0, 0.1) is 0 Å². The zero-order chi connectivity index (χ0) is 37.4. The monoisotopic (exact) mass is 714 g/mol. The first-order chi connectivity index (χ1) is 27.5. The number of hydrogen-bond donors (Lipinski definition) is 0. The van der Waals surface area contributed by atoms with Crippen molar-refractivity contribution in [3.8, 4) is 22.3 Å². The molecule has 12 aromatic rings. The van der Waals surface area contributed by atoms with Crippen LogP contribution < -0.4 is 0 Å². The molecule has 0 saturated heterocycles. The summed E-state index contributed by atoms with van der Waals surface area (Å²) in [6.07, 6.45) is 0. The van der Waals surface area contributed by atoms with Crippen molar-refractivity contribution < 1.29 is 0 Å². The Morgan fingerprint density at radius 3 is 1.11 bits per heavy atom. The van der Waals surface area contributed by atoms with Gasteiger partial charge in [0.15, 0.2) is 0 Å². The molecule has 10 aromatic carbocycles. The van der Waals surface area contributed by atoms with E-state index in [-0.39, 0.29) is 0 Å². The highest BCUT2D eigenvalue weighted by Crippen LogP contribution is 2.51. The second kappa shape index (κ2) is 11.4. The van der Waals surface area contributed by atoms with Gasteiger partial charge in [-0.15, -0.1) is 0 Å². The summed E-state index contributed by atoms with van der Waals surface area (Å²) in [6.45, 7) is 9.16. The van der Waals surface area contributed by atoms with E-state index < -0.39 is 0 Å². The SMILES string of the molecule is CC(C)c1cccc2c(-c3c4ccccc4c4nc5ccc6c(-c7cccc8c(C(C)C)cccc78)c7ccccc7c7nc8ccc3c4c8c5c67)cccc12. The first-order valence-electron chi connectivity index (χ1n) is 20.0. The summed E-state index contributed by atoms with van der Waals surface area (Å²) in [5.41, 5.74) is 11.9. The number of rotatable bonds is 4. The van der Waals surface area contributed by atoms with Gasteiger partial charge in [-0.05, 0) is 100 Å². The maximum absolute atomic E-state index is 5.63. The second-order valence-electron chi connectivity index (χ2n) is 16.3. The average Bonchev–Trinajstić information content (AvgIpc) is 3.23. The second-order valence-corrected chi connectivity index (χ2v) is 16.3. The molecule has 0 N–H and O–H groups in total. The minimum Gasteiger partial charge on any atom is -0.247 e. The van der Waals surface area contributed by atoms with Gasteiger partial charge in [-0.1, -0.05) is 161 Å². The molecule has 2 heterocycles. The number of pyridine rings is 2. The van der Waals surface area contributed by atoms with Crippen LogP contribution in [0.4, 0.5) is 0 Å². The van der Waals surface area contributed by atoms with Crippen molar-refractivity contribution in [2.45, 2.75) is 39.5 Å². The summed E-state index contributed by atoms with van der Waals surface area (Å²) >= 11 is 0. The molecule has 2 heteroatoms. The molecule has 0 amide bonds. The summed E-state index contributed by atoms with van der Waals surface area (Å²) in [4.78, 5) is 11.3. The summed E-state index contributed by atoms with van der Waals surface area (Å²) in [5, 5.41) is 17.3. The van der Waals surface area contributed by atoms with Gasteiger partial charge in [-0.3, -0.25) is 0 Å². The van der Waals surface area contributed by atoms with E-state index in [1.807, 2.05) is 0 Å². The van der Waals surface area contributed by atoms with Crippen molar-refractivity contribution in [2.75, 3.05) is 0 Å². The molecule has 0 aliphatic carbocycles. The molecule has 56 heavy (non-hydrogen) atoms. The fourth-order valence-electron chi connectivity index (χ4n) is 10.3. The lowest BCUT2D eigenvalue weighted by molar-refractivity contribution is 0.876. The molecule has 0 saturated carbocycles. The summed E-state index contributed by atoms with van der Waals surface area (Å²) in [7, 11) is 0. The Balaban J connectivity index is 1.28. The molecule has 0 aliphatic heterocycles. The fraction of sp³-hybridized carbons (Fsp3) is 0.111. The van der Waals surface area contributed by atoms with Gasteiger partial charge in [0, 0.05) is 32.3 Å². The van der Waals surface area contributed by atoms with Crippen molar-refractivity contribution in [1.82, 2.24) is 9.97 Å². The Labute approximate surface area is 324 Å². The molecule has 0 fully saturated rings. The minimum atomic E-state index is 0.425. The van der Waals surface area contributed by atoms with Gasteiger partial charge in [-0.25, -0.2) is 9.97 Å². The van der Waals surface area contributed by atoms with Gasteiger partial charge in [-0.2, -0.15) is 0 Å². The quantitative estimate of drug-likeness (QED) is 0.134. The minimum absolute atomic E-state index is 0.425. The molecule has 0 aliphatic rings. The highest BCUT2D eigenvalue weighted by atomic mass is 14.7. The number of aromatic nitrogens is 2. The number of fused-ring (bicyclic) bond motifs is 6. The van der Waals surface area contributed by atoms with Crippen LogP contribution in [0.25, 0.3) is 120 Å². The van der Waals surface area contributed by atoms with E-state index in [4.69, 9.17) is 9.97 Å². The van der Waals surface area contributed by atoms with Gasteiger partial charge < -0.3 is 0 Å². The Morgan fingerprint density at radius 2 is 0.679 bits per heavy atom. The van der Waals surface area contributed by atoms with Gasteiger partial charge in [0.2, 0.25) is 0 Å². The Morgan fingerprint density at radius 1 is 0.304 bits per heavy atom. The predicted molar refractivity (Wildman–Crippen MR) is 241 cm³/mol. The zero-order valence-electron chi connectivity index (χ0n) is 31.9. The van der Waals surface area contributed by atoms with E-state index in [9.17, 15) is 0 Å². The van der Waals surface area contributed by atoms with Crippen LogP contribution in [0.15, 0.2) is 146 Å². The highest BCUT2D eigenvalue weighted by Gasteiger charge is 2.26. The van der Waals surface area contributed by atoms with E-state index in [0.717, 1.165) is 22.1 Å². The first-order valence-corrected chi connectivity index (χ1v) is 20.0. The molecule has 0 atom stereocenters.